The van der Waals surface area contributed by atoms with E-state index < -0.39 is 0 Å². The highest BCUT2D eigenvalue weighted by molar-refractivity contribution is 6.10. The second-order valence-electron chi connectivity index (χ2n) is 7.52. The summed E-state index contributed by atoms with van der Waals surface area (Å²) in [5, 5.41) is 8.66. The quantitative estimate of drug-likeness (QED) is 0.489. The molecule has 0 aliphatic carbocycles. The van der Waals surface area contributed by atoms with Crippen molar-refractivity contribution in [3.63, 3.8) is 0 Å². The average molecular weight is 438 g/mol. The molecule has 9 nitrogen and oxygen atoms in total. The van der Waals surface area contributed by atoms with Crippen LogP contribution in [0.3, 0.4) is 0 Å². The number of carbonyl (C=O) groups excluding carboxylic acids is 2. The second kappa shape index (κ2) is 10.1. The Morgan fingerprint density at radius 2 is 1.81 bits per heavy atom. The first-order chi connectivity index (χ1) is 15.6. The van der Waals surface area contributed by atoms with Crippen molar-refractivity contribution in [2.45, 2.75) is 25.9 Å². The summed E-state index contributed by atoms with van der Waals surface area (Å²) in [5.74, 6) is 1.05. The van der Waals surface area contributed by atoms with E-state index in [1.54, 1.807) is 30.3 Å². The second-order valence-corrected chi connectivity index (χ2v) is 7.52. The van der Waals surface area contributed by atoms with Gasteiger partial charge in [0.1, 0.15) is 13.2 Å². The van der Waals surface area contributed by atoms with E-state index >= 15 is 0 Å². The number of anilines is 2. The molecule has 0 spiro atoms. The Bertz CT molecular complexity index is 1020. The lowest BCUT2D eigenvalue weighted by molar-refractivity contribution is -0.114. The molecule has 4 rings (SSSR count). The van der Waals surface area contributed by atoms with Crippen LogP contribution in [0.5, 0.6) is 11.5 Å². The molecule has 32 heavy (non-hydrogen) atoms. The number of aliphatic imine (C=N–C) groups is 1. The van der Waals surface area contributed by atoms with Gasteiger partial charge in [-0.05, 0) is 43.2 Å². The molecule has 1 atom stereocenters. The Balaban J connectivity index is 1.50. The number of ether oxygens (including phenoxy) is 3. The SMILES string of the molecule is CC(=O)Nc1cccc(C(=O)NC(=NC[C@H]2CCCO2)Nc2ccc3c(c2)OCCO3)c1. The molecule has 9 heteroatoms. The Hall–Kier alpha value is -3.59. The van der Waals surface area contributed by atoms with E-state index in [1.165, 1.54) is 6.92 Å². The van der Waals surface area contributed by atoms with Crippen LogP contribution < -0.4 is 25.4 Å². The highest BCUT2D eigenvalue weighted by atomic mass is 16.6. The third-order valence-electron chi connectivity index (χ3n) is 4.96. The van der Waals surface area contributed by atoms with Gasteiger partial charge in [-0.3, -0.25) is 14.9 Å². The fourth-order valence-electron chi connectivity index (χ4n) is 3.47. The van der Waals surface area contributed by atoms with Crippen molar-refractivity contribution in [3.05, 3.63) is 48.0 Å². The van der Waals surface area contributed by atoms with Gasteiger partial charge < -0.3 is 24.8 Å². The average Bonchev–Trinajstić information content (AvgIpc) is 3.31. The summed E-state index contributed by atoms with van der Waals surface area (Å²) in [6.07, 6.45) is 1.98. The highest BCUT2D eigenvalue weighted by Gasteiger charge is 2.17. The largest absolute Gasteiger partial charge is 0.486 e. The first kappa shape index (κ1) is 21.6. The smallest absolute Gasteiger partial charge is 0.258 e. The van der Waals surface area contributed by atoms with Crippen LogP contribution in [-0.4, -0.2) is 50.2 Å². The number of hydrogen-bond acceptors (Lipinski definition) is 6. The molecule has 168 valence electrons. The van der Waals surface area contributed by atoms with Gasteiger partial charge >= 0.3 is 0 Å². The van der Waals surface area contributed by atoms with Gasteiger partial charge in [-0.2, -0.15) is 0 Å². The fourth-order valence-corrected chi connectivity index (χ4v) is 3.47. The molecule has 2 aliphatic rings. The maximum absolute atomic E-state index is 12.9. The predicted molar refractivity (Wildman–Crippen MR) is 121 cm³/mol. The molecule has 2 aliphatic heterocycles. The van der Waals surface area contributed by atoms with E-state index in [9.17, 15) is 9.59 Å². The molecular weight excluding hydrogens is 412 g/mol. The monoisotopic (exact) mass is 438 g/mol. The molecule has 0 radical (unpaired) electrons. The van der Waals surface area contributed by atoms with E-state index in [1.807, 2.05) is 12.1 Å². The number of benzene rings is 2. The summed E-state index contributed by atoms with van der Waals surface area (Å²) < 4.78 is 16.8. The molecule has 2 aromatic carbocycles. The van der Waals surface area contributed by atoms with Crippen LogP contribution in [0, 0.1) is 0 Å². The summed E-state index contributed by atoms with van der Waals surface area (Å²) in [6.45, 7) is 3.58. The van der Waals surface area contributed by atoms with Crippen molar-refractivity contribution >= 4 is 29.1 Å². The van der Waals surface area contributed by atoms with Gasteiger partial charge in [0.2, 0.25) is 11.9 Å². The number of nitrogens with zero attached hydrogens (tertiary/aromatic N) is 1. The minimum Gasteiger partial charge on any atom is -0.486 e. The number of nitrogens with one attached hydrogen (secondary N) is 3. The Labute approximate surface area is 186 Å². The molecule has 0 saturated carbocycles. The lowest BCUT2D eigenvalue weighted by Crippen LogP contribution is -2.36. The summed E-state index contributed by atoms with van der Waals surface area (Å²) in [4.78, 5) is 28.8. The summed E-state index contributed by atoms with van der Waals surface area (Å²) in [6, 6.07) is 12.2. The van der Waals surface area contributed by atoms with Crippen molar-refractivity contribution in [2.75, 3.05) is 37.0 Å². The van der Waals surface area contributed by atoms with Gasteiger partial charge in [0, 0.05) is 36.5 Å². The third-order valence-corrected chi connectivity index (χ3v) is 4.96. The predicted octanol–water partition coefficient (Wildman–Crippen LogP) is 2.79. The van der Waals surface area contributed by atoms with Crippen LogP contribution in [0.15, 0.2) is 47.5 Å². The van der Waals surface area contributed by atoms with Crippen molar-refractivity contribution in [3.8, 4) is 11.5 Å². The standard InChI is InChI=1S/C23H26N4O5/c1-15(28)25-17-5-2-4-16(12-17)22(29)27-23(24-14-19-6-3-9-30-19)26-18-7-8-20-21(13-18)32-11-10-31-20/h2,4-5,7-8,12-13,19H,3,6,9-11,14H2,1H3,(H,25,28)(H2,24,26,27,29)/t19-/m1/s1. The lowest BCUT2D eigenvalue weighted by Gasteiger charge is -2.20. The molecule has 3 N–H and O–H groups in total. The van der Waals surface area contributed by atoms with Crippen molar-refractivity contribution in [2.24, 2.45) is 4.99 Å². The zero-order valence-corrected chi connectivity index (χ0v) is 17.8. The molecule has 1 saturated heterocycles. The molecular formula is C23H26N4O5. The molecule has 0 bridgehead atoms. The van der Waals surface area contributed by atoms with Crippen molar-refractivity contribution in [1.82, 2.24) is 5.32 Å². The van der Waals surface area contributed by atoms with Gasteiger partial charge in [-0.25, -0.2) is 4.99 Å². The zero-order chi connectivity index (χ0) is 22.3. The van der Waals surface area contributed by atoms with E-state index in [0.29, 0.717) is 54.2 Å². The van der Waals surface area contributed by atoms with Crippen molar-refractivity contribution < 1.29 is 23.8 Å². The number of amides is 2. The maximum atomic E-state index is 12.9. The molecule has 0 aromatic heterocycles. The van der Waals surface area contributed by atoms with Crippen LogP contribution >= 0.6 is 0 Å². The van der Waals surface area contributed by atoms with Gasteiger partial charge in [0.05, 0.1) is 12.6 Å². The van der Waals surface area contributed by atoms with Crippen LogP contribution in [0.25, 0.3) is 0 Å². The Morgan fingerprint density at radius 3 is 2.59 bits per heavy atom. The molecule has 0 unspecified atom stereocenters. The number of rotatable bonds is 5. The Morgan fingerprint density at radius 1 is 1.00 bits per heavy atom. The van der Waals surface area contributed by atoms with Crippen LogP contribution in [0.1, 0.15) is 30.1 Å². The van der Waals surface area contributed by atoms with Crippen LogP contribution in [-0.2, 0) is 9.53 Å². The van der Waals surface area contributed by atoms with Gasteiger partial charge in [-0.15, -0.1) is 0 Å². The van der Waals surface area contributed by atoms with E-state index in [2.05, 4.69) is 20.9 Å². The summed E-state index contributed by atoms with van der Waals surface area (Å²) in [7, 11) is 0. The van der Waals surface area contributed by atoms with Gasteiger partial charge in [0.15, 0.2) is 11.5 Å². The van der Waals surface area contributed by atoms with Gasteiger partial charge in [0.25, 0.3) is 5.91 Å². The first-order valence-corrected chi connectivity index (χ1v) is 10.6. The van der Waals surface area contributed by atoms with E-state index in [0.717, 1.165) is 19.4 Å². The third kappa shape index (κ3) is 5.76. The minimum absolute atomic E-state index is 0.0343. The maximum Gasteiger partial charge on any atom is 0.258 e. The van der Waals surface area contributed by atoms with Gasteiger partial charge in [-0.1, -0.05) is 6.07 Å². The number of carbonyl (C=O) groups is 2. The zero-order valence-electron chi connectivity index (χ0n) is 17.8. The normalized spacial score (nSPS) is 17.5. The summed E-state index contributed by atoms with van der Waals surface area (Å²) >= 11 is 0. The van der Waals surface area contributed by atoms with Crippen molar-refractivity contribution in [1.29, 1.82) is 0 Å². The number of fused-ring (bicyclic) bond motifs is 1. The Kier molecular flexibility index (Phi) is 6.86. The van der Waals surface area contributed by atoms with Crippen LogP contribution in [0.2, 0.25) is 0 Å². The molecule has 2 amide bonds. The van der Waals surface area contributed by atoms with E-state index in [4.69, 9.17) is 14.2 Å². The molecule has 1 fully saturated rings. The minimum atomic E-state index is -0.353. The first-order valence-electron chi connectivity index (χ1n) is 10.6. The van der Waals surface area contributed by atoms with E-state index in [-0.39, 0.29) is 17.9 Å². The lowest BCUT2D eigenvalue weighted by atomic mass is 10.2. The molecule has 2 aromatic rings. The fraction of sp³-hybridized carbons (Fsp3) is 0.348. The summed E-state index contributed by atoms with van der Waals surface area (Å²) in [5.41, 5.74) is 1.64. The molecule has 2 heterocycles. The number of hydrogen-bond donors (Lipinski definition) is 3. The van der Waals surface area contributed by atoms with Crippen LogP contribution in [0.4, 0.5) is 11.4 Å². The highest BCUT2D eigenvalue weighted by Crippen LogP contribution is 2.32. The topological polar surface area (TPSA) is 110 Å². The number of guanidine groups is 1.